The summed E-state index contributed by atoms with van der Waals surface area (Å²) in [6.45, 7) is 6.82. The molecule has 118 valence electrons. The fourth-order valence-electron chi connectivity index (χ4n) is 3.18. The van der Waals surface area contributed by atoms with Crippen LogP contribution in [-0.2, 0) is 6.42 Å². The van der Waals surface area contributed by atoms with Crippen LogP contribution in [-0.4, -0.2) is 34.3 Å². The van der Waals surface area contributed by atoms with Gasteiger partial charge in [-0.05, 0) is 25.7 Å². The Labute approximate surface area is 127 Å². The molecule has 0 spiro atoms. The maximum atomic E-state index is 10.7. The molecule has 0 bridgehead atoms. The van der Waals surface area contributed by atoms with E-state index in [9.17, 15) is 5.11 Å². The van der Waals surface area contributed by atoms with Crippen molar-refractivity contribution in [1.29, 1.82) is 0 Å². The van der Waals surface area contributed by atoms with Crippen LogP contribution in [0, 0.1) is 12.8 Å². The van der Waals surface area contributed by atoms with E-state index in [0.717, 1.165) is 48.7 Å². The van der Waals surface area contributed by atoms with Gasteiger partial charge in [0.2, 0.25) is 0 Å². The van der Waals surface area contributed by atoms with Crippen LogP contribution in [0.4, 0.5) is 11.6 Å². The van der Waals surface area contributed by atoms with E-state index in [1.165, 1.54) is 6.42 Å². The number of aromatic nitrogens is 2. The first kappa shape index (κ1) is 16.0. The number of hydrogen-bond donors (Lipinski definition) is 3. The number of hydrogen-bond acceptors (Lipinski definition) is 5. The van der Waals surface area contributed by atoms with Crippen molar-refractivity contribution in [2.24, 2.45) is 5.92 Å². The Morgan fingerprint density at radius 1 is 1.33 bits per heavy atom. The SMILES string of the molecule is CCc1nc(NC)c(C)c(NCC2(O)CCCC(C)C2)n1. The summed E-state index contributed by atoms with van der Waals surface area (Å²) in [5.41, 5.74) is 0.392. The lowest BCUT2D eigenvalue weighted by Crippen LogP contribution is -2.41. The quantitative estimate of drug-likeness (QED) is 0.778. The molecule has 1 saturated carbocycles. The maximum Gasteiger partial charge on any atom is 0.134 e. The molecule has 5 heteroatoms. The Hall–Kier alpha value is -1.36. The van der Waals surface area contributed by atoms with Gasteiger partial charge in [-0.15, -0.1) is 0 Å². The third-order valence-electron chi connectivity index (χ3n) is 4.40. The Kier molecular flexibility index (Phi) is 5.04. The fraction of sp³-hybridized carbons (Fsp3) is 0.750. The van der Waals surface area contributed by atoms with Gasteiger partial charge in [0.1, 0.15) is 17.5 Å². The van der Waals surface area contributed by atoms with Crippen molar-refractivity contribution in [3.05, 3.63) is 11.4 Å². The summed E-state index contributed by atoms with van der Waals surface area (Å²) in [5.74, 6) is 3.10. The summed E-state index contributed by atoms with van der Waals surface area (Å²) in [6, 6.07) is 0. The third kappa shape index (κ3) is 3.84. The van der Waals surface area contributed by atoms with Gasteiger partial charge in [-0.1, -0.05) is 26.7 Å². The first-order valence-electron chi connectivity index (χ1n) is 7.99. The van der Waals surface area contributed by atoms with Crippen molar-refractivity contribution >= 4 is 11.6 Å². The van der Waals surface area contributed by atoms with Gasteiger partial charge >= 0.3 is 0 Å². The van der Waals surface area contributed by atoms with E-state index in [1.807, 2.05) is 20.9 Å². The van der Waals surface area contributed by atoms with Gasteiger partial charge < -0.3 is 15.7 Å². The van der Waals surface area contributed by atoms with Gasteiger partial charge in [-0.2, -0.15) is 0 Å². The highest BCUT2D eigenvalue weighted by Gasteiger charge is 2.32. The van der Waals surface area contributed by atoms with Crippen LogP contribution in [0.25, 0.3) is 0 Å². The molecule has 21 heavy (non-hydrogen) atoms. The average Bonchev–Trinajstić information content (AvgIpc) is 2.46. The molecule has 0 aromatic carbocycles. The van der Waals surface area contributed by atoms with E-state index in [0.29, 0.717) is 12.5 Å². The molecule has 0 amide bonds. The first-order chi connectivity index (χ1) is 9.97. The topological polar surface area (TPSA) is 70.1 Å². The van der Waals surface area contributed by atoms with E-state index < -0.39 is 5.60 Å². The third-order valence-corrected chi connectivity index (χ3v) is 4.40. The van der Waals surface area contributed by atoms with Crippen LogP contribution in [0.15, 0.2) is 0 Å². The zero-order valence-electron chi connectivity index (χ0n) is 13.7. The van der Waals surface area contributed by atoms with Crippen molar-refractivity contribution in [1.82, 2.24) is 9.97 Å². The van der Waals surface area contributed by atoms with Gasteiger partial charge in [0.15, 0.2) is 0 Å². The standard InChI is InChI=1S/C16H28N4O/c1-5-13-19-14(17-4)12(3)15(20-13)18-10-16(21)8-6-7-11(2)9-16/h11,21H,5-10H2,1-4H3,(H2,17,18,19,20). The zero-order valence-corrected chi connectivity index (χ0v) is 13.7. The summed E-state index contributed by atoms with van der Waals surface area (Å²) in [7, 11) is 1.87. The average molecular weight is 292 g/mol. The summed E-state index contributed by atoms with van der Waals surface area (Å²) in [5, 5.41) is 17.2. The smallest absolute Gasteiger partial charge is 0.134 e. The molecule has 1 heterocycles. The predicted octanol–water partition coefficient (Wildman–Crippen LogP) is 2.74. The Morgan fingerprint density at radius 2 is 2.05 bits per heavy atom. The van der Waals surface area contributed by atoms with Crippen LogP contribution < -0.4 is 10.6 Å². The number of anilines is 2. The van der Waals surface area contributed by atoms with E-state index in [4.69, 9.17) is 0 Å². The zero-order chi connectivity index (χ0) is 15.5. The Morgan fingerprint density at radius 3 is 2.67 bits per heavy atom. The van der Waals surface area contributed by atoms with E-state index >= 15 is 0 Å². The highest BCUT2D eigenvalue weighted by molar-refractivity contribution is 5.57. The van der Waals surface area contributed by atoms with Crippen LogP contribution in [0.2, 0.25) is 0 Å². The molecular weight excluding hydrogens is 264 g/mol. The fourth-order valence-corrected chi connectivity index (χ4v) is 3.18. The van der Waals surface area contributed by atoms with Gasteiger partial charge in [-0.3, -0.25) is 0 Å². The molecule has 3 N–H and O–H groups in total. The summed E-state index contributed by atoms with van der Waals surface area (Å²) >= 11 is 0. The molecule has 1 fully saturated rings. The Bertz CT molecular complexity index is 491. The van der Waals surface area contributed by atoms with Gasteiger partial charge in [0.05, 0.1) is 5.60 Å². The van der Waals surface area contributed by atoms with Gasteiger partial charge in [0, 0.05) is 25.6 Å². The lowest BCUT2D eigenvalue weighted by atomic mass is 9.79. The highest BCUT2D eigenvalue weighted by Crippen LogP contribution is 2.32. The monoisotopic (exact) mass is 292 g/mol. The molecule has 1 aromatic rings. The van der Waals surface area contributed by atoms with Crippen LogP contribution in [0.1, 0.15) is 50.9 Å². The molecule has 2 unspecified atom stereocenters. The van der Waals surface area contributed by atoms with E-state index in [-0.39, 0.29) is 0 Å². The second-order valence-electron chi connectivity index (χ2n) is 6.35. The number of nitrogens with one attached hydrogen (secondary N) is 2. The minimum atomic E-state index is -0.610. The minimum Gasteiger partial charge on any atom is -0.388 e. The van der Waals surface area contributed by atoms with Crippen molar-refractivity contribution < 1.29 is 5.11 Å². The second kappa shape index (κ2) is 6.60. The minimum absolute atomic E-state index is 0.557. The molecule has 0 saturated heterocycles. The van der Waals surface area contributed by atoms with Crippen LogP contribution in [0.3, 0.4) is 0 Å². The summed E-state index contributed by atoms with van der Waals surface area (Å²) < 4.78 is 0. The molecule has 2 rings (SSSR count). The van der Waals surface area contributed by atoms with E-state index in [2.05, 4.69) is 27.5 Å². The van der Waals surface area contributed by atoms with E-state index in [1.54, 1.807) is 0 Å². The molecule has 5 nitrogen and oxygen atoms in total. The summed E-state index contributed by atoms with van der Waals surface area (Å²) in [4.78, 5) is 9.03. The van der Waals surface area contributed by atoms with Crippen molar-refractivity contribution in [3.8, 4) is 0 Å². The van der Waals surface area contributed by atoms with Gasteiger partial charge in [-0.25, -0.2) is 9.97 Å². The molecule has 0 radical (unpaired) electrons. The number of aliphatic hydroxyl groups is 1. The van der Waals surface area contributed by atoms with Crippen molar-refractivity contribution in [2.75, 3.05) is 24.2 Å². The molecule has 1 aromatic heterocycles. The molecule has 1 aliphatic carbocycles. The lowest BCUT2D eigenvalue weighted by molar-refractivity contribution is -0.000838. The molecule has 2 atom stereocenters. The first-order valence-corrected chi connectivity index (χ1v) is 7.99. The normalized spacial score (nSPS) is 25.7. The largest absolute Gasteiger partial charge is 0.388 e. The van der Waals surface area contributed by atoms with Crippen LogP contribution in [0.5, 0.6) is 0 Å². The van der Waals surface area contributed by atoms with Crippen molar-refractivity contribution in [2.45, 2.75) is 58.5 Å². The number of aryl methyl sites for hydroxylation is 1. The lowest BCUT2D eigenvalue weighted by Gasteiger charge is -2.36. The molecule has 0 aliphatic heterocycles. The molecular formula is C16H28N4O. The maximum absolute atomic E-state index is 10.7. The number of rotatable bonds is 5. The van der Waals surface area contributed by atoms with Gasteiger partial charge in [0.25, 0.3) is 0 Å². The van der Waals surface area contributed by atoms with Crippen LogP contribution >= 0.6 is 0 Å². The molecule has 1 aliphatic rings. The second-order valence-corrected chi connectivity index (χ2v) is 6.35. The summed E-state index contributed by atoms with van der Waals surface area (Å²) in [6.07, 6.45) is 4.85. The highest BCUT2D eigenvalue weighted by atomic mass is 16.3. The van der Waals surface area contributed by atoms with Crippen molar-refractivity contribution in [3.63, 3.8) is 0 Å². The predicted molar refractivity (Wildman–Crippen MR) is 86.8 cm³/mol. The Balaban J connectivity index is 2.12. The number of nitrogens with zero attached hydrogens (tertiary/aromatic N) is 2.